The molecule has 1 saturated carbocycles. The smallest absolute Gasteiger partial charge is 0.282 e. The molecule has 0 aliphatic heterocycles. The normalized spacial score (nSPS) is 14.4. The Hall–Kier alpha value is -4.48. The number of halogens is 2. The van der Waals surface area contributed by atoms with Crippen molar-refractivity contribution in [3.63, 3.8) is 0 Å². The number of allylic oxidation sites excluding steroid dienone is 1. The molecule has 1 aromatic carbocycles. The average molecular weight is 623 g/mol. The summed E-state index contributed by atoms with van der Waals surface area (Å²) in [6, 6.07) is 11.9. The zero-order valence-corrected chi connectivity index (χ0v) is 24.8. The zero-order valence-electron chi connectivity index (χ0n) is 23.2. The van der Waals surface area contributed by atoms with E-state index in [1.165, 1.54) is 36.1 Å². The molecule has 0 atom stereocenters. The minimum Gasteiger partial charge on any atom is -0.497 e. The Bertz CT molecular complexity index is 2080. The maximum atomic E-state index is 15.6. The molecule has 0 saturated heterocycles. The zero-order chi connectivity index (χ0) is 30.9. The largest absolute Gasteiger partial charge is 0.497 e. The molecule has 5 rings (SSSR count). The van der Waals surface area contributed by atoms with Crippen LogP contribution in [0.3, 0.4) is 0 Å². The van der Waals surface area contributed by atoms with E-state index in [9.17, 15) is 18.0 Å². The van der Waals surface area contributed by atoms with Crippen molar-refractivity contribution in [2.45, 2.75) is 31.6 Å². The van der Waals surface area contributed by atoms with Crippen LogP contribution in [0.1, 0.15) is 35.8 Å². The van der Waals surface area contributed by atoms with Crippen LogP contribution in [0, 0.1) is 0 Å². The van der Waals surface area contributed by atoms with Crippen molar-refractivity contribution in [2.75, 3.05) is 6.61 Å². The number of H-pyrrole nitrogens is 1. The molecule has 0 spiro atoms. The molecule has 222 valence electrons. The number of nitrogens with zero attached hydrogens (tertiary/aromatic N) is 2. The predicted molar refractivity (Wildman–Crippen MR) is 165 cm³/mol. The van der Waals surface area contributed by atoms with Gasteiger partial charge in [-0.3, -0.25) is 9.59 Å². The molecule has 2 N–H and O–H groups in total. The first-order valence-corrected chi connectivity index (χ1v) is 15.2. The van der Waals surface area contributed by atoms with Crippen molar-refractivity contribution < 1.29 is 22.3 Å². The summed E-state index contributed by atoms with van der Waals surface area (Å²) >= 11 is 6.35. The Labute approximate surface area is 251 Å². The quantitative estimate of drug-likeness (QED) is 0.204. The number of carbonyl (C=O) groups excluding carboxylic acids is 1. The van der Waals surface area contributed by atoms with E-state index in [1.54, 1.807) is 24.3 Å². The molecule has 0 unspecified atom stereocenters. The van der Waals surface area contributed by atoms with Gasteiger partial charge >= 0.3 is 0 Å². The number of nitrogens with one attached hydrogen (secondary N) is 2. The molecule has 4 aromatic rings. The lowest BCUT2D eigenvalue weighted by Gasteiger charge is -2.14. The van der Waals surface area contributed by atoms with E-state index in [0.717, 1.165) is 0 Å². The van der Waals surface area contributed by atoms with Crippen LogP contribution in [0.2, 0.25) is 5.15 Å². The van der Waals surface area contributed by atoms with Gasteiger partial charge in [-0.1, -0.05) is 43.0 Å². The first kappa shape index (κ1) is 30.0. The third-order valence-corrected chi connectivity index (χ3v) is 9.11. The molecule has 0 radical (unpaired) electrons. The van der Waals surface area contributed by atoms with E-state index < -0.39 is 32.6 Å². The monoisotopic (exact) mass is 622 g/mol. The van der Waals surface area contributed by atoms with Crippen LogP contribution in [0.25, 0.3) is 34.7 Å². The van der Waals surface area contributed by atoms with E-state index in [1.807, 2.05) is 12.1 Å². The molecule has 9 nitrogen and oxygen atoms in total. The Kier molecular flexibility index (Phi) is 8.38. The molecular formula is C31H28ClFN4O5S. The lowest BCUT2D eigenvalue weighted by atomic mass is 10.1. The van der Waals surface area contributed by atoms with E-state index in [-0.39, 0.29) is 51.3 Å². The van der Waals surface area contributed by atoms with E-state index in [0.29, 0.717) is 29.3 Å². The highest BCUT2D eigenvalue weighted by Crippen LogP contribution is 2.28. The fourth-order valence-electron chi connectivity index (χ4n) is 4.81. The number of hydrogen-bond acceptors (Lipinski definition) is 6. The van der Waals surface area contributed by atoms with Crippen LogP contribution in [-0.4, -0.2) is 40.7 Å². The number of aromatic nitrogens is 3. The second-order valence-electron chi connectivity index (χ2n) is 10.1. The second kappa shape index (κ2) is 12.0. The highest BCUT2D eigenvalue weighted by molar-refractivity contribution is 7.91. The molecule has 1 aliphatic rings. The fourth-order valence-corrected chi connectivity index (χ4v) is 6.31. The Morgan fingerprint density at radius 1 is 1.28 bits per heavy atom. The number of pyridine rings is 2. The third kappa shape index (κ3) is 6.18. The summed E-state index contributed by atoms with van der Waals surface area (Å²) in [5, 5.41) is 0.485. The van der Waals surface area contributed by atoms with Gasteiger partial charge < -0.3 is 14.3 Å². The Morgan fingerprint density at radius 3 is 2.72 bits per heavy atom. The number of amides is 1. The summed E-state index contributed by atoms with van der Waals surface area (Å²) in [7, 11) is -3.99. The van der Waals surface area contributed by atoms with Gasteiger partial charge in [-0.25, -0.2) is 22.5 Å². The minimum absolute atomic E-state index is 0.0589. The number of rotatable bonds is 10. The number of benzene rings is 1. The van der Waals surface area contributed by atoms with Crippen LogP contribution in [-0.2, 0) is 21.3 Å². The number of aromatic amines is 1. The van der Waals surface area contributed by atoms with Crippen molar-refractivity contribution in [1.82, 2.24) is 19.3 Å². The van der Waals surface area contributed by atoms with Gasteiger partial charge in [-0.2, -0.15) is 0 Å². The molecule has 1 amide bonds. The lowest BCUT2D eigenvalue weighted by molar-refractivity contribution is 0.0973. The van der Waals surface area contributed by atoms with Gasteiger partial charge in [0.2, 0.25) is 10.0 Å². The van der Waals surface area contributed by atoms with Crippen molar-refractivity contribution >= 4 is 51.1 Å². The Balaban J connectivity index is 1.85. The van der Waals surface area contributed by atoms with Crippen LogP contribution < -0.4 is 20.8 Å². The van der Waals surface area contributed by atoms with Crippen molar-refractivity contribution in [3.8, 4) is 11.1 Å². The fraction of sp³-hybridized carbons (Fsp3) is 0.194. The van der Waals surface area contributed by atoms with Gasteiger partial charge in [0, 0.05) is 34.5 Å². The maximum absolute atomic E-state index is 15.6. The summed E-state index contributed by atoms with van der Waals surface area (Å²) in [6.07, 6.45) is 4.65. The van der Waals surface area contributed by atoms with Crippen LogP contribution in [0.5, 0.6) is 0 Å². The number of para-hydroxylation sites is 1. The highest BCUT2D eigenvalue weighted by Gasteiger charge is 2.38. The summed E-state index contributed by atoms with van der Waals surface area (Å²) in [6.45, 7) is 8.98. The van der Waals surface area contributed by atoms with E-state index in [2.05, 4.69) is 27.8 Å². The van der Waals surface area contributed by atoms with Gasteiger partial charge in [0.15, 0.2) is 0 Å². The average Bonchev–Trinajstić information content (AvgIpc) is 3.80. The molecule has 3 aromatic heterocycles. The van der Waals surface area contributed by atoms with Crippen LogP contribution >= 0.6 is 11.6 Å². The van der Waals surface area contributed by atoms with Gasteiger partial charge in [-0.15, -0.1) is 0 Å². The van der Waals surface area contributed by atoms with Gasteiger partial charge in [0.05, 0.1) is 22.4 Å². The minimum atomic E-state index is -3.99. The summed E-state index contributed by atoms with van der Waals surface area (Å²) < 4.78 is 50.1. The van der Waals surface area contributed by atoms with Crippen LogP contribution in [0.4, 0.5) is 4.39 Å². The van der Waals surface area contributed by atoms with Crippen molar-refractivity contribution in [2.24, 2.45) is 0 Å². The third-order valence-electron chi connectivity index (χ3n) is 7.10. The Morgan fingerprint density at radius 2 is 2.02 bits per heavy atom. The first-order chi connectivity index (χ1) is 20.5. The topological polar surface area (TPSA) is 123 Å². The first-order valence-electron chi connectivity index (χ1n) is 13.3. The number of carbonyl (C=O) groups is 1. The molecule has 3 heterocycles. The number of ether oxygens (including phenoxy) is 1. The van der Waals surface area contributed by atoms with Crippen molar-refractivity contribution in [3.05, 3.63) is 110 Å². The van der Waals surface area contributed by atoms with Crippen molar-refractivity contribution in [1.29, 1.82) is 0 Å². The molecule has 1 fully saturated rings. The summed E-state index contributed by atoms with van der Waals surface area (Å²) in [5.74, 6) is -1.65. The second-order valence-corrected chi connectivity index (χ2v) is 12.5. The van der Waals surface area contributed by atoms with E-state index >= 15 is 4.39 Å². The van der Waals surface area contributed by atoms with Crippen LogP contribution in [0.15, 0.2) is 77.7 Å². The highest BCUT2D eigenvalue weighted by atomic mass is 35.5. The SMILES string of the molecule is C=COC/C(C)=C(F)\C=c1/c(=C)c(-c2ccc[nH]c2=O)c(C(=O)NS(=O)(=O)C2CC2)n1Cc1cc(Cl)nc2ccccc12. The molecule has 43 heavy (non-hydrogen) atoms. The standard InChI is InChI=1S/C31H28ClFN4O5S/c1-4-42-17-18(2)24(33)15-26-19(3)28(23-9-7-13-34-30(23)38)29(31(39)36-43(40,41)21-11-12-21)37(26)16-20-14-27(32)35-25-10-6-5-8-22(20)25/h4-10,13-15,21H,1,3,11-12,16-17H2,2H3,(H,34,38)(H,36,39)/b24-18+,26-15+. The predicted octanol–water partition coefficient (Wildman–Crippen LogP) is 3.91. The summed E-state index contributed by atoms with van der Waals surface area (Å²) in [5.41, 5.74) is 0.830. The van der Waals surface area contributed by atoms with Gasteiger partial charge in [-0.05, 0) is 61.2 Å². The number of sulfonamides is 1. The van der Waals surface area contributed by atoms with Gasteiger partial charge in [0.1, 0.15) is 23.3 Å². The van der Waals surface area contributed by atoms with E-state index in [4.69, 9.17) is 16.3 Å². The number of fused-ring (bicyclic) bond motifs is 1. The molecule has 0 bridgehead atoms. The van der Waals surface area contributed by atoms with Gasteiger partial charge in [0.25, 0.3) is 11.5 Å². The molecule has 1 aliphatic carbocycles. The lowest BCUT2D eigenvalue weighted by Crippen LogP contribution is -2.36. The maximum Gasteiger partial charge on any atom is 0.282 e. The molecule has 12 heteroatoms. The molecular weight excluding hydrogens is 595 g/mol. The summed E-state index contributed by atoms with van der Waals surface area (Å²) in [4.78, 5) is 33.9. The number of hydrogen-bond donors (Lipinski definition) is 2.